The maximum atomic E-state index is 13.1. The van der Waals surface area contributed by atoms with E-state index >= 15 is 0 Å². The van der Waals surface area contributed by atoms with Crippen LogP contribution in [0, 0.1) is 0 Å². The highest BCUT2D eigenvalue weighted by Crippen LogP contribution is 2.20. The van der Waals surface area contributed by atoms with Crippen LogP contribution in [0.3, 0.4) is 0 Å². The van der Waals surface area contributed by atoms with Crippen molar-refractivity contribution in [1.29, 1.82) is 0 Å². The summed E-state index contributed by atoms with van der Waals surface area (Å²) < 4.78 is 5.86. The second-order valence-corrected chi connectivity index (χ2v) is 8.92. The van der Waals surface area contributed by atoms with Gasteiger partial charge in [-0.1, -0.05) is 35.7 Å². The SMILES string of the molecule is CCCCCn1c(=O)n(CCCc2nc3cc(Br)ccc3n2C)c(=O)c2[nH]c(Cl)nc21. The van der Waals surface area contributed by atoms with Crippen LogP contribution in [-0.4, -0.2) is 28.7 Å². The number of benzene rings is 1. The lowest BCUT2D eigenvalue weighted by molar-refractivity contribution is 0.522. The van der Waals surface area contributed by atoms with Crippen LogP contribution >= 0.6 is 27.5 Å². The summed E-state index contributed by atoms with van der Waals surface area (Å²) in [6, 6.07) is 5.98. The number of fused-ring (bicyclic) bond motifs is 2. The molecule has 31 heavy (non-hydrogen) atoms. The lowest BCUT2D eigenvalue weighted by Gasteiger charge is -2.11. The molecular formula is C21H24BrClN6O2. The van der Waals surface area contributed by atoms with E-state index in [-0.39, 0.29) is 22.0 Å². The molecule has 0 spiro atoms. The van der Waals surface area contributed by atoms with Crippen molar-refractivity contribution in [3.63, 3.8) is 0 Å². The number of unbranched alkanes of at least 4 members (excludes halogenated alkanes) is 2. The summed E-state index contributed by atoms with van der Waals surface area (Å²) in [6.07, 6.45) is 4.12. The van der Waals surface area contributed by atoms with Gasteiger partial charge in [0.25, 0.3) is 5.56 Å². The van der Waals surface area contributed by atoms with Crippen molar-refractivity contribution in [3.8, 4) is 0 Å². The molecule has 10 heteroatoms. The van der Waals surface area contributed by atoms with Crippen molar-refractivity contribution in [2.75, 3.05) is 0 Å². The van der Waals surface area contributed by atoms with E-state index in [1.807, 2.05) is 29.8 Å². The first kappa shape index (κ1) is 21.8. The third-order valence-electron chi connectivity index (χ3n) is 5.54. The van der Waals surface area contributed by atoms with Crippen LogP contribution in [0.15, 0.2) is 32.3 Å². The third kappa shape index (κ3) is 4.21. The number of imidazole rings is 2. The summed E-state index contributed by atoms with van der Waals surface area (Å²) in [4.78, 5) is 37.7. The predicted molar refractivity (Wildman–Crippen MR) is 126 cm³/mol. The highest BCUT2D eigenvalue weighted by Gasteiger charge is 2.17. The lowest BCUT2D eigenvalue weighted by Crippen LogP contribution is -2.40. The Bertz CT molecular complexity index is 1370. The lowest BCUT2D eigenvalue weighted by atomic mass is 10.2. The Morgan fingerprint density at radius 3 is 2.65 bits per heavy atom. The van der Waals surface area contributed by atoms with Crippen LogP contribution in [0.2, 0.25) is 5.28 Å². The molecule has 0 aliphatic carbocycles. The van der Waals surface area contributed by atoms with E-state index in [9.17, 15) is 9.59 Å². The van der Waals surface area contributed by atoms with Crippen molar-refractivity contribution < 1.29 is 0 Å². The Morgan fingerprint density at radius 1 is 1.10 bits per heavy atom. The molecule has 4 rings (SSSR count). The number of nitrogens with one attached hydrogen (secondary N) is 1. The van der Waals surface area contributed by atoms with Gasteiger partial charge in [-0.3, -0.25) is 13.9 Å². The van der Waals surface area contributed by atoms with Gasteiger partial charge in [-0.05, 0) is 42.6 Å². The highest BCUT2D eigenvalue weighted by molar-refractivity contribution is 9.10. The molecule has 3 heterocycles. The van der Waals surface area contributed by atoms with E-state index in [1.54, 1.807) is 4.57 Å². The van der Waals surface area contributed by atoms with Crippen LogP contribution in [0.25, 0.3) is 22.2 Å². The molecule has 0 unspecified atom stereocenters. The number of aromatic nitrogens is 6. The topological polar surface area (TPSA) is 90.5 Å². The van der Waals surface area contributed by atoms with Gasteiger partial charge in [0.2, 0.25) is 5.28 Å². The maximum absolute atomic E-state index is 13.1. The standard InChI is InChI=1S/C21H24BrClN6O2/c1-3-4-5-10-28-18-17(25-20(23)26-18)19(30)29(21(28)31)11-6-7-16-24-14-12-13(22)8-9-15(14)27(16)2/h8-9,12H,3-7,10-11H2,1-2H3,(H,25,26). The maximum Gasteiger partial charge on any atom is 0.332 e. The second kappa shape index (κ2) is 9.00. The van der Waals surface area contributed by atoms with E-state index in [0.29, 0.717) is 31.6 Å². The highest BCUT2D eigenvalue weighted by atomic mass is 79.9. The molecule has 0 saturated heterocycles. The summed E-state index contributed by atoms with van der Waals surface area (Å²) in [7, 11) is 1.98. The minimum Gasteiger partial charge on any atom is -0.331 e. The minimum absolute atomic E-state index is 0.111. The molecule has 0 atom stereocenters. The average molecular weight is 508 g/mol. The molecule has 1 aromatic carbocycles. The van der Waals surface area contributed by atoms with E-state index in [1.165, 1.54) is 4.57 Å². The van der Waals surface area contributed by atoms with Crippen LogP contribution < -0.4 is 11.2 Å². The van der Waals surface area contributed by atoms with Crippen molar-refractivity contribution in [2.24, 2.45) is 7.05 Å². The van der Waals surface area contributed by atoms with E-state index in [4.69, 9.17) is 16.6 Å². The van der Waals surface area contributed by atoms with E-state index < -0.39 is 0 Å². The molecule has 0 saturated carbocycles. The number of hydrogen-bond donors (Lipinski definition) is 1. The Kier molecular flexibility index (Phi) is 6.34. The van der Waals surface area contributed by atoms with Crippen LogP contribution in [0.4, 0.5) is 0 Å². The zero-order valence-corrected chi connectivity index (χ0v) is 19.8. The van der Waals surface area contributed by atoms with Gasteiger partial charge < -0.3 is 9.55 Å². The quantitative estimate of drug-likeness (QED) is 0.288. The summed E-state index contributed by atoms with van der Waals surface area (Å²) in [5, 5.41) is 0.111. The van der Waals surface area contributed by atoms with Gasteiger partial charge in [-0.2, -0.15) is 4.98 Å². The first-order chi connectivity index (χ1) is 14.9. The number of aryl methyl sites for hydroxylation is 3. The summed E-state index contributed by atoms with van der Waals surface area (Å²) in [5.74, 6) is 0.912. The van der Waals surface area contributed by atoms with Crippen LogP contribution in [-0.2, 0) is 26.6 Å². The van der Waals surface area contributed by atoms with Gasteiger partial charge in [0.15, 0.2) is 11.2 Å². The monoisotopic (exact) mass is 506 g/mol. The molecule has 8 nitrogen and oxygen atoms in total. The number of halogens is 2. The van der Waals surface area contributed by atoms with Gasteiger partial charge in [0, 0.05) is 31.0 Å². The molecule has 0 bridgehead atoms. The van der Waals surface area contributed by atoms with Crippen molar-refractivity contribution in [1.82, 2.24) is 28.7 Å². The molecule has 0 radical (unpaired) electrons. The molecule has 0 aliphatic rings. The largest absolute Gasteiger partial charge is 0.332 e. The molecule has 3 aromatic heterocycles. The second-order valence-electron chi connectivity index (χ2n) is 7.65. The molecule has 4 aromatic rings. The summed E-state index contributed by atoms with van der Waals surface area (Å²) >= 11 is 9.47. The molecule has 0 fully saturated rings. The fourth-order valence-electron chi connectivity index (χ4n) is 3.90. The molecule has 164 valence electrons. The van der Waals surface area contributed by atoms with Crippen LogP contribution in [0.5, 0.6) is 0 Å². The number of aromatic amines is 1. The van der Waals surface area contributed by atoms with Crippen molar-refractivity contribution in [3.05, 3.63) is 54.6 Å². The molecule has 1 N–H and O–H groups in total. The zero-order valence-electron chi connectivity index (χ0n) is 17.5. The fraction of sp³-hybridized carbons (Fsp3) is 0.429. The Balaban J connectivity index is 1.62. The van der Waals surface area contributed by atoms with Gasteiger partial charge >= 0.3 is 5.69 Å². The smallest absolute Gasteiger partial charge is 0.331 e. The number of nitrogens with zero attached hydrogens (tertiary/aromatic N) is 5. The third-order valence-corrected chi connectivity index (χ3v) is 6.21. The Labute approximate surface area is 192 Å². The average Bonchev–Trinajstić information content (AvgIpc) is 3.27. The van der Waals surface area contributed by atoms with Crippen molar-refractivity contribution in [2.45, 2.75) is 52.1 Å². The summed E-state index contributed by atoms with van der Waals surface area (Å²) in [5.41, 5.74) is 1.82. The normalized spacial score (nSPS) is 11.7. The Hall–Kier alpha value is -2.39. The molecule has 0 aliphatic heterocycles. The first-order valence-corrected chi connectivity index (χ1v) is 11.6. The van der Waals surface area contributed by atoms with E-state index in [2.05, 4.69) is 32.8 Å². The predicted octanol–water partition coefficient (Wildman–Crippen LogP) is 4.01. The van der Waals surface area contributed by atoms with Crippen molar-refractivity contribution >= 4 is 49.7 Å². The number of hydrogen-bond acceptors (Lipinski definition) is 4. The van der Waals surface area contributed by atoms with Gasteiger partial charge in [0.1, 0.15) is 5.82 Å². The van der Waals surface area contributed by atoms with Crippen LogP contribution in [0.1, 0.15) is 38.4 Å². The minimum atomic E-state index is -0.389. The van der Waals surface area contributed by atoms with Gasteiger partial charge in [-0.15, -0.1) is 0 Å². The zero-order chi connectivity index (χ0) is 22.1. The number of rotatable bonds is 8. The number of H-pyrrole nitrogens is 1. The fourth-order valence-corrected chi connectivity index (χ4v) is 4.42. The first-order valence-electron chi connectivity index (χ1n) is 10.4. The van der Waals surface area contributed by atoms with E-state index in [0.717, 1.165) is 40.6 Å². The van der Waals surface area contributed by atoms with Gasteiger partial charge in [0.05, 0.1) is 11.0 Å². The molecular weight excluding hydrogens is 484 g/mol. The Morgan fingerprint density at radius 2 is 1.87 bits per heavy atom. The van der Waals surface area contributed by atoms with Gasteiger partial charge in [-0.25, -0.2) is 9.78 Å². The molecule has 0 amide bonds. The summed E-state index contributed by atoms with van der Waals surface area (Å²) in [6.45, 7) is 2.90.